The zero-order valence-electron chi connectivity index (χ0n) is 18.7. The number of benzene rings is 1. The summed E-state index contributed by atoms with van der Waals surface area (Å²) in [5.74, 6) is 1.44. The van der Waals surface area contributed by atoms with Crippen LogP contribution in [0.15, 0.2) is 28.8 Å². The highest BCUT2D eigenvalue weighted by molar-refractivity contribution is 6.30. The van der Waals surface area contributed by atoms with E-state index in [1.165, 1.54) is 0 Å². The van der Waals surface area contributed by atoms with Crippen molar-refractivity contribution in [2.24, 2.45) is 5.41 Å². The van der Waals surface area contributed by atoms with Gasteiger partial charge in [-0.3, -0.25) is 4.79 Å². The van der Waals surface area contributed by atoms with Crippen molar-refractivity contribution in [1.29, 1.82) is 0 Å². The zero-order chi connectivity index (χ0) is 23.9. The standard InChI is InChI=1S/C25H26ClF2NO5/c1-23(27,28)33-15-4-13(5-15)17-7-22(34-29-17)25-10-24(11-25,12-25)9-19(31)21-8-18(30)16-6-14(26)2-3-20(16)32-21/h2-3,6-7,13,15,18,21,30H,4-5,8-12H2,1H3/t13?,15?,18-,21-,24?,25?/m1/s1. The largest absolute Gasteiger partial charge is 0.482 e. The number of hydrogen-bond donors (Lipinski definition) is 1. The molecule has 4 saturated carbocycles. The molecule has 0 amide bonds. The number of halogens is 3. The van der Waals surface area contributed by atoms with Crippen molar-refractivity contribution in [3.05, 3.63) is 46.3 Å². The number of carbonyl (C=O) groups excluding carboxylic acids is 1. The fourth-order valence-corrected chi connectivity index (χ4v) is 6.65. The van der Waals surface area contributed by atoms with Crippen molar-refractivity contribution < 1.29 is 32.7 Å². The van der Waals surface area contributed by atoms with Crippen LogP contribution >= 0.6 is 11.6 Å². The van der Waals surface area contributed by atoms with Crippen LogP contribution in [-0.4, -0.2) is 34.4 Å². The van der Waals surface area contributed by atoms with E-state index in [-0.39, 0.29) is 29.0 Å². The fourth-order valence-electron chi connectivity index (χ4n) is 6.47. The Balaban J connectivity index is 1.03. The van der Waals surface area contributed by atoms with Crippen LogP contribution in [0.3, 0.4) is 0 Å². The van der Waals surface area contributed by atoms with Crippen molar-refractivity contribution in [1.82, 2.24) is 5.16 Å². The minimum absolute atomic E-state index is 0.0134. The predicted molar refractivity (Wildman–Crippen MR) is 117 cm³/mol. The lowest BCUT2D eigenvalue weighted by molar-refractivity contribution is -0.264. The summed E-state index contributed by atoms with van der Waals surface area (Å²) >= 11 is 6.00. The van der Waals surface area contributed by atoms with Crippen molar-refractivity contribution in [3.63, 3.8) is 0 Å². The molecule has 2 aromatic rings. The number of nitrogens with zero attached hydrogens (tertiary/aromatic N) is 1. The third-order valence-electron chi connectivity index (χ3n) is 8.02. The number of carbonyl (C=O) groups is 1. The van der Waals surface area contributed by atoms with E-state index in [2.05, 4.69) is 5.16 Å². The van der Waals surface area contributed by atoms with E-state index in [9.17, 15) is 18.7 Å². The number of aromatic nitrogens is 1. The molecule has 1 N–H and O–H groups in total. The summed E-state index contributed by atoms with van der Waals surface area (Å²) in [6, 6.07) is 7.02. The maximum Gasteiger partial charge on any atom is 0.353 e. The highest BCUT2D eigenvalue weighted by Crippen LogP contribution is 2.75. The Morgan fingerprint density at radius 2 is 2.00 bits per heavy atom. The number of Topliss-reactive ketones (excluding diaryl/α,β-unsaturated/α-hetero) is 1. The van der Waals surface area contributed by atoms with Crippen LogP contribution in [0.25, 0.3) is 0 Å². The van der Waals surface area contributed by atoms with Crippen molar-refractivity contribution >= 4 is 17.4 Å². The summed E-state index contributed by atoms with van der Waals surface area (Å²) in [6.07, 6.45) is -0.719. The Kier molecular flexibility index (Phi) is 4.94. The van der Waals surface area contributed by atoms with Gasteiger partial charge in [0.2, 0.25) is 0 Å². The van der Waals surface area contributed by atoms with Gasteiger partial charge in [0.25, 0.3) is 0 Å². The molecule has 0 saturated heterocycles. The van der Waals surface area contributed by atoms with Crippen molar-refractivity contribution in [3.8, 4) is 5.75 Å². The molecular formula is C25H26ClF2NO5. The fraction of sp³-hybridized carbons (Fsp3) is 0.600. The number of ketones is 1. The molecule has 34 heavy (non-hydrogen) atoms. The Labute approximate surface area is 200 Å². The average molecular weight is 494 g/mol. The molecule has 0 spiro atoms. The van der Waals surface area contributed by atoms with Crippen LogP contribution in [0.2, 0.25) is 5.02 Å². The van der Waals surface area contributed by atoms with Gasteiger partial charge in [-0.1, -0.05) is 16.8 Å². The van der Waals surface area contributed by atoms with Crippen molar-refractivity contribution in [2.45, 2.75) is 87.6 Å². The van der Waals surface area contributed by atoms with Gasteiger partial charge in [0.05, 0.1) is 17.9 Å². The second-order valence-corrected chi connectivity index (χ2v) is 11.3. The maximum atomic E-state index is 13.0. The third kappa shape index (κ3) is 3.74. The molecule has 2 heterocycles. The Hall–Kier alpha value is -2.03. The van der Waals surface area contributed by atoms with Crippen LogP contribution in [0.1, 0.15) is 80.9 Å². The predicted octanol–water partition coefficient (Wildman–Crippen LogP) is 5.47. The zero-order valence-corrected chi connectivity index (χ0v) is 19.5. The lowest BCUT2D eigenvalue weighted by atomic mass is 9.33. The van der Waals surface area contributed by atoms with Gasteiger partial charge in [0, 0.05) is 47.8 Å². The molecule has 0 radical (unpaired) electrons. The van der Waals surface area contributed by atoms with E-state index in [1.807, 2.05) is 6.07 Å². The Morgan fingerprint density at radius 1 is 1.26 bits per heavy atom. The lowest BCUT2D eigenvalue weighted by Gasteiger charge is -2.69. The normalized spacial score (nSPS) is 35.9. The van der Waals surface area contributed by atoms with E-state index < -0.39 is 24.4 Å². The first-order valence-corrected chi connectivity index (χ1v) is 12.1. The third-order valence-corrected chi connectivity index (χ3v) is 8.26. The lowest BCUT2D eigenvalue weighted by Crippen LogP contribution is -2.65. The van der Waals surface area contributed by atoms with Gasteiger partial charge in [0.1, 0.15) is 11.5 Å². The Bertz CT molecular complexity index is 1120. The molecule has 7 rings (SSSR count). The monoisotopic (exact) mass is 493 g/mol. The summed E-state index contributed by atoms with van der Waals surface area (Å²) in [7, 11) is 0. The van der Waals surface area contributed by atoms with Gasteiger partial charge in [-0.15, -0.1) is 0 Å². The first-order valence-electron chi connectivity index (χ1n) is 11.7. The second-order valence-electron chi connectivity index (χ2n) is 10.8. The highest BCUT2D eigenvalue weighted by Gasteiger charge is 2.70. The van der Waals surface area contributed by atoms with Gasteiger partial charge >= 0.3 is 6.11 Å². The topological polar surface area (TPSA) is 81.8 Å². The quantitative estimate of drug-likeness (QED) is 0.551. The second kappa shape index (κ2) is 7.48. The number of aliphatic hydroxyl groups is 1. The van der Waals surface area contributed by atoms with Gasteiger partial charge in [-0.25, -0.2) is 0 Å². The first-order chi connectivity index (χ1) is 16.0. The Morgan fingerprint density at radius 3 is 2.71 bits per heavy atom. The molecule has 9 heteroatoms. The molecule has 2 atom stereocenters. The molecule has 5 aliphatic rings. The van der Waals surface area contributed by atoms with Gasteiger partial charge < -0.3 is 19.1 Å². The summed E-state index contributed by atoms with van der Waals surface area (Å²) in [5, 5.41) is 15.2. The van der Waals surface area contributed by atoms with Gasteiger partial charge in [-0.2, -0.15) is 8.78 Å². The average Bonchev–Trinajstić information content (AvgIpc) is 3.14. The smallest absolute Gasteiger partial charge is 0.353 e. The summed E-state index contributed by atoms with van der Waals surface area (Å²) in [5.41, 5.74) is 1.31. The highest BCUT2D eigenvalue weighted by atomic mass is 35.5. The maximum absolute atomic E-state index is 13.0. The van der Waals surface area contributed by atoms with Gasteiger partial charge in [0.15, 0.2) is 11.9 Å². The summed E-state index contributed by atoms with van der Waals surface area (Å²) < 4.78 is 42.2. The summed E-state index contributed by atoms with van der Waals surface area (Å²) in [6.45, 7) is 0.759. The minimum Gasteiger partial charge on any atom is -0.482 e. The molecule has 1 aromatic carbocycles. The van der Waals surface area contributed by atoms with Crippen LogP contribution in [0, 0.1) is 5.41 Å². The molecule has 182 valence electrons. The molecule has 4 fully saturated rings. The molecule has 1 aliphatic heterocycles. The number of hydrogen-bond acceptors (Lipinski definition) is 6. The van der Waals surface area contributed by atoms with E-state index in [4.69, 9.17) is 25.6 Å². The number of alkyl halides is 2. The van der Waals surface area contributed by atoms with Crippen LogP contribution in [0.5, 0.6) is 5.75 Å². The van der Waals surface area contributed by atoms with E-state index in [0.29, 0.717) is 35.6 Å². The van der Waals surface area contributed by atoms with Crippen LogP contribution in [0.4, 0.5) is 8.78 Å². The van der Waals surface area contributed by atoms with Gasteiger partial charge in [-0.05, 0) is 55.7 Å². The minimum atomic E-state index is -3.11. The molecular weight excluding hydrogens is 468 g/mol. The molecule has 4 aliphatic carbocycles. The van der Waals surface area contributed by atoms with Crippen molar-refractivity contribution in [2.75, 3.05) is 0 Å². The SMILES string of the molecule is CC(F)(F)OC1CC(c2cc(C34CC(CC(=O)[C@H]5C[C@@H](O)c6cc(Cl)ccc6O5)(C3)C4)on2)C1. The number of aliphatic hydroxyl groups excluding tert-OH is 1. The molecule has 6 nitrogen and oxygen atoms in total. The number of rotatable bonds is 7. The summed E-state index contributed by atoms with van der Waals surface area (Å²) in [4.78, 5) is 13.0. The number of fused-ring (bicyclic) bond motifs is 1. The first kappa shape index (κ1) is 22.4. The van der Waals surface area contributed by atoms with E-state index in [1.54, 1.807) is 18.2 Å². The molecule has 0 unspecified atom stereocenters. The van der Waals surface area contributed by atoms with Crippen LogP contribution in [-0.2, 0) is 14.9 Å². The molecule has 2 bridgehead atoms. The number of ether oxygens (including phenoxy) is 2. The van der Waals surface area contributed by atoms with E-state index >= 15 is 0 Å². The molecule has 1 aromatic heterocycles. The van der Waals surface area contributed by atoms with E-state index in [0.717, 1.165) is 37.6 Å². The van der Waals surface area contributed by atoms with Crippen LogP contribution < -0.4 is 4.74 Å².